The minimum absolute atomic E-state index is 0.190. The van der Waals surface area contributed by atoms with Gasteiger partial charge in [-0.1, -0.05) is 35.4 Å². The van der Waals surface area contributed by atoms with Crippen LogP contribution in [0.5, 0.6) is 11.5 Å². The van der Waals surface area contributed by atoms with Crippen LogP contribution < -0.4 is 47.1 Å². The van der Waals surface area contributed by atoms with E-state index in [0.29, 0.717) is 0 Å². The van der Waals surface area contributed by atoms with Crippen LogP contribution in [-0.2, 0) is 0 Å². The third-order valence-corrected chi connectivity index (χ3v) is 12.6. The number of hydrogen-bond acceptors (Lipinski definition) is 1. The van der Waals surface area contributed by atoms with E-state index in [1.165, 1.54) is 47.7 Å². The first-order valence-corrected chi connectivity index (χ1v) is 21.5. The van der Waals surface area contributed by atoms with Crippen molar-refractivity contribution in [2.24, 2.45) is 0 Å². The molecule has 4 rings (SSSR count). The quantitative estimate of drug-likeness (QED) is 0.107. The van der Waals surface area contributed by atoms with Crippen LogP contribution in [-0.4, -0.2) is 0 Å². The van der Waals surface area contributed by atoms with Gasteiger partial charge in [-0.3, -0.25) is 0 Å². The first-order valence-electron chi connectivity index (χ1n) is 13.1. The molecule has 0 amide bonds. The summed E-state index contributed by atoms with van der Waals surface area (Å²) in [5.74, 6) is 1.79. The molecule has 0 N–H and O–H groups in total. The summed E-state index contributed by atoms with van der Waals surface area (Å²) < 4.78 is 130. The van der Waals surface area contributed by atoms with Crippen molar-refractivity contribution in [3.05, 3.63) is 120 Å². The van der Waals surface area contributed by atoms with E-state index in [2.05, 4.69) is 114 Å². The van der Waals surface area contributed by atoms with Gasteiger partial charge in [0.1, 0.15) is 11.5 Å². The zero-order valence-corrected chi connectivity index (χ0v) is 31.6. The number of aryl methyl sites for hydroxylation is 6. The van der Waals surface area contributed by atoms with E-state index in [1.807, 2.05) is 0 Å². The zero-order valence-electron chi connectivity index (χ0n) is 25.5. The van der Waals surface area contributed by atoms with E-state index in [1.54, 1.807) is 0 Å². The van der Waals surface area contributed by atoms with Crippen LogP contribution >= 0.6 is 15.6 Å². The second-order valence-electron chi connectivity index (χ2n) is 10.5. The normalized spacial score (nSPS) is 14.6. The molecule has 17 heteroatoms. The molecule has 47 heavy (non-hydrogen) atoms. The molecule has 0 aliphatic heterocycles. The van der Waals surface area contributed by atoms with Gasteiger partial charge >= 0.3 is 108 Å². The van der Waals surface area contributed by atoms with Crippen molar-refractivity contribution in [1.29, 1.82) is 0 Å². The Kier molecular flexibility index (Phi) is 11.5. The summed E-state index contributed by atoms with van der Waals surface area (Å²) in [6.07, 6.45) is 0. The van der Waals surface area contributed by atoms with Crippen LogP contribution in [0.4, 0.5) is 50.4 Å². The van der Waals surface area contributed by atoms with Crippen molar-refractivity contribution in [2.45, 2.75) is 41.5 Å². The molecule has 0 bridgehead atoms. The van der Waals surface area contributed by atoms with Crippen LogP contribution in [0.1, 0.15) is 33.4 Å². The summed E-state index contributed by atoms with van der Waals surface area (Å²) in [5.41, 5.74) is 8.36. The van der Waals surface area contributed by atoms with Gasteiger partial charge in [-0.15, -0.1) is 0 Å². The van der Waals surface area contributed by atoms with E-state index in [-0.39, 0.29) is 42.4 Å². The number of benzene rings is 4. The second kappa shape index (κ2) is 13.1. The topological polar surface area (TPSA) is 9.23 Å². The van der Waals surface area contributed by atoms with Gasteiger partial charge in [0.25, 0.3) is 0 Å². The third-order valence-electron chi connectivity index (χ3n) is 5.43. The molecule has 0 saturated heterocycles. The fourth-order valence-electron chi connectivity index (χ4n) is 4.11. The Balaban J connectivity index is 0.000000459. The Morgan fingerprint density at radius 3 is 0.830 bits per heavy atom. The van der Waals surface area contributed by atoms with Crippen molar-refractivity contribution >= 4 is 15.6 Å². The monoisotopic (exact) mass is 950 g/mol. The molecule has 0 unspecified atom stereocenters. The van der Waals surface area contributed by atoms with Gasteiger partial charge in [-0.25, -0.2) is 0 Å². The van der Waals surface area contributed by atoms with Crippen LogP contribution in [0.3, 0.4) is 0 Å². The van der Waals surface area contributed by atoms with E-state index in [4.69, 9.17) is 4.74 Å². The van der Waals surface area contributed by atoms with Gasteiger partial charge in [0.15, 0.2) is 14.3 Å². The Bertz CT molecular complexity index is 1530. The van der Waals surface area contributed by atoms with E-state index >= 15 is 0 Å². The molecule has 0 radical (unpaired) electrons. The van der Waals surface area contributed by atoms with Crippen molar-refractivity contribution in [1.82, 2.24) is 0 Å². The minimum atomic E-state index is -10.7. The molecule has 0 spiro atoms. The van der Waals surface area contributed by atoms with E-state index in [0.717, 1.165) is 11.5 Å². The standard InChI is InChI=1S/C30H30I2O.2F6P/c1-19-15-21(3)29(22(4)16-19)31-25-7-11-27(12-8-25)33-28-13-9-26(10-14-28)32-30-23(5)17-20(2)18-24(30)6;2*1-7(2,3,4,5)6/h7-18H,1-6H3;;/q+2;2*-1. The average Bonchev–Trinajstić information content (AvgIpc) is 2.82. The van der Waals surface area contributed by atoms with Crippen molar-refractivity contribution in [2.75, 3.05) is 0 Å². The van der Waals surface area contributed by atoms with Gasteiger partial charge < -0.3 is 4.74 Å². The Labute approximate surface area is 285 Å². The molecule has 0 atom stereocenters. The van der Waals surface area contributed by atoms with Crippen molar-refractivity contribution < 1.29 is 97.5 Å². The molecule has 0 saturated carbocycles. The summed E-state index contributed by atoms with van der Waals surface area (Å²) in [6, 6.07) is 26.5. The molecule has 0 fully saturated rings. The molecule has 0 aromatic heterocycles. The SMILES string of the molecule is Cc1cc(C)c([I+]c2ccc(Oc3ccc([I+]c4c(C)cc(C)cc4C)cc3)cc2)c(C)c1.F[P-](F)(F)(F)(F)F.F[P-](F)(F)(F)(F)F. The van der Waals surface area contributed by atoms with Gasteiger partial charge in [-0.2, -0.15) is 0 Å². The third kappa shape index (κ3) is 20.3. The second-order valence-corrected chi connectivity index (χ2v) is 20.1. The summed E-state index contributed by atoms with van der Waals surface area (Å²) in [6.45, 7) is 13.3. The fourth-order valence-corrected chi connectivity index (χ4v) is 9.12. The predicted octanol–water partition coefficient (Wildman–Crippen LogP) is 8.35. The first-order chi connectivity index (χ1) is 20.7. The van der Waals surface area contributed by atoms with Crippen LogP contribution in [0.25, 0.3) is 0 Å². The summed E-state index contributed by atoms with van der Waals surface area (Å²) in [5, 5.41) is 0. The van der Waals surface area contributed by atoms with Crippen molar-refractivity contribution in [3.63, 3.8) is 0 Å². The molecule has 264 valence electrons. The Hall–Kier alpha value is -1.84. The van der Waals surface area contributed by atoms with Gasteiger partial charge in [0.2, 0.25) is 0 Å². The molecular formula is C30H30F12I2OP2. The summed E-state index contributed by atoms with van der Waals surface area (Å²) in [4.78, 5) is 0. The number of hydrogen-bond donors (Lipinski definition) is 0. The fraction of sp³-hybridized carbons (Fsp3) is 0.200. The van der Waals surface area contributed by atoms with E-state index < -0.39 is 15.6 Å². The summed E-state index contributed by atoms with van der Waals surface area (Å²) in [7, 11) is -21.3. The summed E-state index contributed by atoms with van der Waals surface area (Å²) >= 11 is -0.380. The maximum absolute atomic E-state index is 10.7. The zero-order chi connectivity index (χ0) is 36.4. The van der Waals surface area contributed by atoms with Crippen LogP contribution in [0.15, 0.2) is 72.8 Å². The van der Waals surface area contributed by atoms with Crippen LogP contribution in [0.2, 0.25) is 0 Å². The van der Waals surface area contributed by atoms with E-state index in [9.17, 15) is 50.4 Å². The Morgan fingerprint density at radius 2 is 0.617 bits per heavy atom. The average molecular weight is 950 g/mol. The maximum atomic E-state index is 9.87. The van der Waals surface area contributed by atoms with Gasteiger partial charge in [0.05, 0.1) is 0 Å². The van der Waals surface area contributed by atoms with Gasteiger partial charge in [0, 0.05) is 22.3 Å². The van der Waals surface area contributed by atoms with Crippen molar-refractivity contribution in [3.8, 4) is 11.5 Å². The number of rotatable bonds is 6. The van der Waals surface area contributed by atoms with Crippen LogP contribution in [0, 0.1) is 55.8 Å². The first kappa shape index (κ1) is 41.3. The predicted molar refractivity (Wildman–Crippen MR) is 156 cm³/mol. The molecule has 0 aliphatic carbocycles. The molecule has 4 aromatic rings. The number of ether oxygens (including phenoxy) is 1. The Morgan fingerprint density at radius 1 is 0.404 bits per heavy atom. The molecular weight excluding hydrogens is 920 g/mol. The molecule has 1 nitrogen and oxygen atoms in total. The van der Waals surface area contributed by atoms with Gasteiger partial charge in [-0.05, 0) is 90.1 Å². The molecule has 0 heterocycles. The number of halogens is 14. The molecule has 0 aliphatic rings. The molecule has 4 aromatic carbocycles.